The van der Waals surface area contributed by atoms with Crippen molar-refractivity contribution < 1.29 is 4.79 Å². The number of carbonyl (C=O) groups excluding carboxylic acids is 1. The average molecular weight is 208 g/mol. The lowest BCUT2D eigenvalue weighted by Gasteiger charge is -2.18. The molecule has 0 aromatic heterocycles. The first kappa shape index (κ1) is 11.3. The van der Waals surface area contributed by atoms with E-state index in [0.29, 0.717) is 0 Å². The first-order valence-electron chi connectivity index (χ1n) is 4.60. The Morgan fingerprint density at radius 2 is 2.07 bits per heavy atom. The summed E-state index contributed by atoms with van der Waals surface area (Å²) in [6.45, 7) is 1.47. The molecule has 0 aliphatic heterocycles. The van der Waals surface area contributed by atoms with Gasteiger partial charge in [0.15, 0.2) is 0 Å². The van der Waals surface area contributed by atoms with E-state index in [2.05, 4.69) is 10.7 Å². The minimum Gasteiger partial charge on any atom is -0.376 e. The van der Waals surface area contributed by atoms with Crippen molar-refractivity contribution in [3.8, 4) is 0 Å². The number of hydrogen-bond donors (Lipinski definition) is 3. The summed E-state index contributed by atoms with van der Waals surface area (Å²) in [5.41, 5.74) is 4.96. The Morgan fingerprint density at radius 3 is 2.53 bits per heavy atom. The molecule has 0 aliphatic carbocycles. The van der Waals surface area contributed by atoms with Crippen LogP contribution in [0.3, 0.4) is 0 Å². The molecule has 0 fully saturated rings. The van der Waals surface area contributed by atoms with E-state index in [4.69, 9.17) is 5.84 Å². The van der Waals surface area contributed by atoms with E-state index in [0.717, 1.165) is 17.1 Å². The number of nitrogens with zero attached hydrogens (tertiary/aromatic N) is 1. The van der Waals surface area contributed by atoms with Crippen LogP contribution in [0.5, 0.6) is 0 Å². The highest BCUT2D eigenvalue weighted by molar-refractivity contribution is 5.93. The second-order valence-electron chi connectivity index (χ2n) is 3.45. The van der Waals surface area contributed by atoms with Crippen molar-refractivity contribution in [2.45, 2.75) is 6.92 Å². The third-order valence-corrected chi connectivity index (χ3v) is 1.96. The number of amides is 1. The SMILES string of the molecule is CC(=O)Nc1cc(NN)ccc1N(C)C. The number of nitrogen functional groups attached to an aromatic ring is 1. The van der Waals surface area contributed by atoms with Gasteiger partial charge in [-0.1, -0.05) is 0 Å². The van der Waals surface area contributed by atoms with Crippen LogP contribution in [0.2, 0.25) is 0 Å². The molecule has 1 rings (SSSR count). The highest BCUT2D eigenvalue weighted by Crippen LogP contribution is 2.27. The van der Waals surface area contributed by atoms with Crippen LogP contribution in [-0.4, -0.2) is 20.0 Å². The molecule has 0 heterocycles. The van der Waals surface area contributed by atoms with Gasteiger partial charge in [-0.15, -0.1) is 0 Å². The molecule has 0 bridgehead atoms. The van der Waals surface area contributed by atoms with Gasteiger partial charge in [-0.05, 0) is 18.2 Å². The predicted octanol–water partition coefficient (Wildman–Crippen LogP) is 0.997. The summed E-state index contributed by atoms with van der Waals surface area (Å²) in [7, 11) is 3.83. The Morgan fingerprint density at radius 1 is 1.40 bits per heavy atom. The molecule has 1 aromatic carbocycles. The summed E-state index contributed by atoms with van der Waals surface area (Å²) in [4.78, 5) is 12.9. The molecule has 0 atom stereocenters. The van der Waals surface area contributed by atoms with Crippen molar-refractivity contribution in [2.75, 3.05) is 29.7 Å². The largest absolute Gasteiger partial charge is 0.376 e. The Hall–Kier alpha value is -1.75. The molecule has 1 amide bonds. The van der Waals surface area contributed by atoms with E-state index >= 15 is 0 Å². The van der Waals surface area contributed by atoms with E-state index in [-0.39, 0.29) is 5.91 Å². The van der Waals surface area contributed by atoms with Crippen LogP contribution in [0, 0.1) is 0 Å². The second-order valence-corrected chi connectivity index (χ2v) is 3.45. The van der Waals surface area contributed by atoms with Crippen LogP contribution in [0.15, 0.2) is 18.2 Å². The van der Waals surface area contributed by atoms with E-state index in [1.807, 2.05) is 31.1 Å². The zero-order chi connectivity index (χ0) is 11.4. The van der Waals surface area contributed by atoms with E-state index in [1.54, 1.807) is 6.07 Å². The Labute approximate surface area is 89.2 Å². The number of rotatable bonds is 3. The first-order valence-corrected chi connectivity index (χ1v) is 4.60. The maximum absolute atomic E-state index is 11.0. The molecule has 1 aromatic rings. The van der Waals surface area contributed by atoms with Gasteiger partial charge in [0.05, 0.1) is 17.1 Å². The monoisotopic (exact) mass is 208 g/mol. The molecular formula is C10H16N4O. The van der Waals surface area contributed by atoms with Crippen LogP contribution in [0.4, 0.5) is 17.1 Å². The Balaban J connectivity index is 3.10. The van der Waals surface area contributed by atoms with Crippen molar-refractivity contribution in [2.24, 2.45) is 5.84 Å². The van der Waals surface area contributed by atoms with Crippen molar-refractivity contribution in [3.63, 3.8) is 0 Å². The third kappa shape index (κ3) is 2.85. The zero-order valence-electron chi connectivity index (χ0n) is 9.16. The fraction of sp³-hybridized carbons (Fsp3) is 0.300. The molecule has 82 valence electrons. The molecule has 5 heteroatoms. The van der Waals surface area contributed by atoms with Gasteiger partial charge < -0.3 is 15.6 Å². The van der Waals surface area contributed by atoms with Gasteiger partial charge in [0, 0.05) is 21.0 Å². The standard InChI is InChI=1S/C10H16N4O/c1-7(15)12-9-6-8(13-11)4-5-10(9)14(2)3/h4-6,13H,11H2,1-3H3,(H,12,15). The van der Waals surface area contributed by atoms with Crippen molar-refractivity contribution in [1.82, 2.24) is 0 Å². The fourth-order valence-corrected chi connectivity index (χ4v) is 1.31. The number of hydrazine groups is 1. The van der Waals surface area contributed by atoms with Gasteiger partial charge in [-0.25, -0.2) is 0 Å². The lowest BCUT2D eigenvalue weighted by Crippen LogP contribution is -2.15. The van der Waals surface area contributed by atoms with Crippen LogP contribution in [-0.2, 0) is 4.79 Å². The van der Waals surface area contributed by atoms with Gasteiger partial charge in [-0.3, -0.25) is 10.6 Å². The molecule has 4 N–H and O–H groups in total. The lowest BCUT2D eigenvalue weighted by atomic mass is 10.2. The minimum absolute atomic E-state index is 0.104. The maximum atomic E-state index is 11.0. The number of benzene rings is 1. The van der Waals surface area contributed by atoms with Gasteiger partial charge in [0.2, 0.25) is 5.91 Å². The number of anilines is 3. The predicted molar refractivity (Wildman–Crippen MR) is 62.9 cm³/mol. The minimum atomic E-state index is -0.104. The zero-order valence-corrected chi connectivity index (χ0v) is 9.16. The molecule has 0 saturated heterocycles. The van der Waals surface area contributed by atoms with E-state index in [9.17, 15) is 4.79 Å². The molecular weight excluding hydrogens is 192 g/mol. The molecule has 15 heavy (non-hydrogen) atoms. The summed E-state index contributed by atoms with van der Waals surface area (Å²) >= 11 is 0. The summed E-state index contributed by atoms with van der Waals surface area (Å²) in [6, 6.07) is 5.53. The molecule has 0 spiro atoms. The molecule has 5 nitrogen and oxygen atoms in total. The Bertz CT molecular complexity index is 362. The molecule has 0 aliphatic rings. The smallest absolute Gasteiger partial charge is 0.221 e. The van der Waals surface area contributed by atoms with Crippen LogP contribution < -0.4 is 21.5 Å². The molecule has 0 unspecified atom stereocenters. The fourth-order valence-electron chi connectivity index (χ4n) is 1.31. The van der Waals surface area contributed by atoms with Gasteiger partial charge in [0.25, 0.3) is 0 Å². The lowest BCUT2D eigenvalue weighted by molar-refractivity contribution is -0.114. The first-order chi connectivity index (χ1) is 7.04. The summed E-state index contributed by atoms with van der Waals surface area (Å²) < 4.78 is 0. The van der Waals surface area contributed by atoms with E-state index in [1.165, 1.54) is 6.92 Å². The number of nitrogens with one attached hydrogen (secondary N) is 2. The van der Waals surface area contributed by atoms with Crippen molar-refractivity contribution >= 4 is 23.0 Å². The Kier molecular flexibility index (Phi) is 3.51. The van der Waals surface area contributed by atoms with Crippen LogP contribution in [0.1, 0.15) is 6.92 Å². The highest BCUT2D eigenvalue weighted by Gasteiger charge is 2.06. The van der Waals surface area contributed by atoms with Gasteiger partial charge in [0.1, 0.15) is 0 Å². The third-order valence-electron chi connectivity index (χ3n) is 1.96. The van der Waals surface area contributed by atoms with E-state index < -0.39 is 0 Å². The topological polar surface area (TPSA) is 70.4 Å². The maximum Gasteiger partial charge on any atom is 0.221 e. The summed E-state index contributed by atoms with van der Waals surface area (Å²) in [5, 5.41) is 2.75. The van der Waals surface area contributed by atoms with Crippen molar-refractivity contribution in [1.29, 1.82) is 0 Å². The normalized spacial score (nSPS) is 9.60. The highest BCUT2D eigenvalue weighted by atomic mass is 16.1. The number of nitrogens with two attached hydrogens (primary N) is 1. The van der Waals surface area contributed by atoms with Crippen molar-refractivity contribution in [3.05, 3.63) is 18.2 Å². The van der Waals surface area contributed by atoms with Crippen LogP contribution in [0.25, 0.3) is 0 Å². The number of hydrogen-bond acceptors (Lipinski definition) is 4. The van der Waals surface area contributed by atoms with Gasteiger partial charge >= 0.3 is 0 Å². The average Bonchev–Trinajstić information content (AvgIpc) is 2.16. The second kappa shape index (κ2) is 4.65. The number of carbonyl (C=O) groups is 1. The van der Waals surface area contributed by atoms with Crippen LogP contribution >= 0.6 is 0 Å². The summed E-state index contributed by atoms with van der Waals surface area (Å²) in [5.74, 6) is 5.20. The molecule has 0 saturated carbocycles. The quantitative estimate of drug-likeness (QED) is 0.512. The molecule has 0 radical (unpaired) electrons. The summed E-state index contributed by atoms with van der Waals surface area (Å²) in [6.07, 6.45) is 0. The van der Waals surface area contributed by atoms with Gasteiger partial charge in [-0.2, -0.15) is 0 Å².